The smallest absolute Gasteiger partial charge is 0.0948 e. The molecule has 0 saturated carbocycles. The Morgan fingerprint density at radius 2 is 0.967 bits per heavy atom. The van der Waals surface area contributed by atoms with Gasteiger partial charge in [-0.1, -0.05) is 6.92 Å². The third kappa shape index (κ3) is 4.69. The van der Waals surface area contributed by atoms with E-state index < -0.39 is 0 Å². The van der Waals surface area contributed by atoms with Crippen LogP contribution in [0, 0.1) is 0 Å². The molecule has 4 aromatic heterocycles. The van der Waals surface area contributed by atoms with Crippen LogP contribution in [-0.4, -0.2) is 38.2 Å². The van der Waals surface area contributed by atoms with Gasteiger partial charge >= 0.3 is 0 Å². The van der Waals surface area contributed by atoms with Crippen molar-refractivity contribution in [3.05, 3.63) is 74.9 Å². The van der Waals surface area contributed by atoms with Crippen molar-refractivity contribution in [2.24, 2.45) is 0 Å². The standard InChI is InChI=1S/C22H30N8/c1-3-20(28-9-5-24-16-28)13-22(30-11-7-26-18-30)14-21(29-10-6-25-17-29)12-19(2)27-8-4-23-15-27/h4-11,15-22H,3,12-14H2,1-2H3. The number of aromatic nitrogens is 8. The molecule has 0 fully saturated rings. The summed E-state index contributed by atoms with van der Waals surface area (Å²) in [5, 5.41) is 0. The molecule has 0 aliphatic carbocycles. The Labute approximate surface area is 177 Å². The van der Waals surface area contributed by atoms with Crippen LogP contribution in [0.2, 0.25) is 0 Å². The lowest BCUT2D eigenvalue weighted by molar-refractivity contribution is 0.268. The summed E-state index contributed by atoms with van der Waals surface area (Å²) < 4.78 is 8.90. The van der Waals surface area contributed by atoms with Crippen LogP contribution >= 0.6 is 0 Å². The van der Waals surface area contributed by atoms with Crippen LogP contribution in [0.5, 0.6) is 0 Å². The van der Waals surface area contributed by atoms with E-state index in [1.54, 1.807) is 0 Å². The van der Waals surface area contributed by atoms with E-state index >= 15 is 0 Å². The van der Waals surface area contributed by atoms with Gasteiger partial charge < -0.3 is 18.3 Å². The lowest BCUT2D eigenvalue weighted by Crippen LogP contribution is -2.21. The molecule has 0 radical (unpaired) electrons. The Kier molecular flexibility index (Phi) is 6.41. The van der Waals surface area contributed by atoms with E-state index in [2.05, 4.69) is 70.6 Å². The molecule has 30 heavy (non-hydrogen) atoms. The Balaban J connectivity index is 1.56. The molecule has 4 unspecified atom stereocenters. The second kappa shape index (κ2) is 9.56. The number of imidazole rings is 4. The van der Waals surface area contributed by atoms with Crippen LogP contribution in [0.4, 0.5) is 0 Å². The average molecular weight is 407 g/mol. The average Bonchev–Trinajstić information content (AvgIpc) is 3.58. The molecule has 0 saturated heterocycles. The Bertz CT molecular complexity index is 941. The molecule has 4 atom stereocenters. The van der Waals surface area contributed by atoms with E-state index in [0.29, 0.717) is 24.2 Å². The minimum Gasteiger partial charge on any atom is -0.335 e. The summed E-state index contributed by atoms with van der Waals surface area (Å²) in [6, 6.07) is 1.38. The highest BCUT2D eigenvalue weighted by molar-refractivity contribution is 4.91. The van der Waals surface area contributed by atoms with Crippen molar-refractivity contribution in [3.63, 3.8) is 0 Å². The van der Waals surface area contributed by atoms with Crippen LogP contribution in [0.25, 0.3) is 0 Å². The molecule has 0 aliphatic heterocycles. The van der Waals surface area contributed by atoms with Gasteiger partial charge in [0.05, 0.1) is 25.3 Å². The van der Waals surface area contributed by atoms with Gasteiger partial charge in [-0.3, -0.25) is 0 Å². The summed E-state index contributed by atoms with van der Waals surface area (Å²) in [4.78, 5) is 17.1. The van der Waals surface area contributed by atoms with Crippen LogP contribution in [0.1, 0.15) is 63.7 Å². The molecule has 0 bridgehead atoms. The van der Waals surface area contributed by atoms with Gasteiger partial charge in [-0.25, -0.2) is 19.9 Å². The number of hydrogen-bond acceptors (Lipinski definition) is 4. The van der Waals surface area contributed by atoms with Gasteiger partial charge in [0.15, 0.2) is 0 Å². The zero-order chi connectivity index (χ0) is 20.8. The van der Waals surface area contributed by atoms with Crippen molar-refractivity contribution in [1.29, 1.82) is 0 Å². The van der Waals surface area contributed by atoms with Crippen LogP contribution in [0.15, 0.2) is 74.9 Å². The van der Waals surface area contributed by atoms with Gasteiger partial charge in [-0.05, 0) is 32.6 Å². The van der Waals surface area contributed by atoms with E-state index in [-0.39, 0.29) is 0 Å². The molecule has 4 heterocycles. The zero-order valence-corrected chi connectivity index (χ0v) is 17.6. The highest BCUT2D eigenvalue weighted by Crippen LogP contribution is 2.34. The predicted molar refractivity (Wildman–Crippen MR) is 115 cm³/mol. The van der Waals surface area contributed by atoms with E-state index in [0.717, 1.165) is 25.7 Å². The minimum absolute atomic E-state index is 0.317. The molecule has 4 aromatic rings. The fourth-order valence-corrected chi connectivity index (χ4v) is 4.31. The zero-order valence-electron chi connectivity index (χ0n) is 17.6. The van der Waals surface area contributed by atoms with E-state index in [1.807, 2.05) is 56.3 Å². The fraction of sp³-hybridized carbons (Fsp3) is 0.455. The molecule has 0 N–H and O–H groups in total. The summed E-state index contributed by atoms with van der Waals surface area (Å²) in [6.45, 7) is 4.49. The van der Waals surface area contributed by atoms with E-state index in [9.17, 15) is 0 Å². The number of hydrogen-bond donors (Lipinski definition) is 0. The molecule has 0 aliphatic rings. The summed E-state index contributed by atoms with van der Waals surface area (Å²) in [6.07, 6.45) is 27.5. The topological polar surface area (TPSA) is 71.3 Å². The fourth-order valence-electron chi connectivity index (χ4n) is 4.31. The largest absolute Gasteiger partial charge is 0.335 e. The maximum absolute atomic E-state index is 4.32. The van der Waals surface area contributed by atoms with Crippen LogP contribution < -0.4 is 0 Å². The van der Waals surface area contributed by atoms with Gasteiger partial charge in [0.25, 0.3) is 0 Å². The van der Waals surface area contributed by atoms with Crippen molar-refractivity contribution in [2.45, 2.75) is 63.7 Å². The van der Waals surface area contributed by atoms with Gasteiger partial charge in [-0.2, -0.15) is 0 Å². The van der Waals surface area contributed by atoms with Gasteiger partial charge in [-0.15, -0.1) is 0 Å². The Hall–Kier alpha value is -3.16. The Morgan fingerprint density at radius 1 is 0.567 bits per heavy atom. The summed E-state index contributed by atoms with van der Waals surface area (Å²) >= 11 is 0. The molecule has 158 valence electrons. The lowest BCUT2D eigenvalue weighted by atomic mass is 9.94. The molecule has 8 nitrogen and oxygen atoms in total. The first-order valence-corrected chi connectivity index (χ1v) is 10.6. The monoisotopic (exact) mass is 406 g/mol. The van der Waals surface area contributed by atoms with Gasteiger partial charge in [0, 0.05) is 73.7 Å². The third-order valence-corrected chi connectivity index (χ3v) is 6.05. The summed E-state index contributed by atoms with van der Waals surface area (Å²) in [5.41, 5.74) is 0. The molecule has 0 spiro atoms. The molecular weight excluding hydrogens is 376 g/mol. The maximum Gasteiger partial charge on any atom is 0.0948 e. The normalized spacial score (nSPS) is 15.7. The highest BCUT2D eigenvalue weighted by Gasteiger charge is 2.24. The molecular formula is C22H30N8. The van der Waals surface area contributed by atoms with Crippen molar-refractivity contribution in [1.82, 2.24) is 38.2 Å². The van der Waals surface area contributed by atoms with Crippen molar-refractivity contribution < 1.29 is 0 Å². The van der Waals surface area contributed by atoms with Crippen LogP contribution in [-0.2, 0) is 0 Å². The first-order valence-electron chi connectivity index (χ1n) is 10.6. The maximum atomic E-state index is 4.32. The number of nitrogens with zero attached hydrogens (tertiary/aromatic N) is 8. The van der Waals surface area contributed by atoms with Crippen LogP contribution in [0.3, 0.4) is 0 Å². The van der Waals surface area contributed by atoms with Crippen molar-refractivity contribution in [2.75, 3.05) is 0 Å². The number of rotatable bonds is 11. The van der Waals surface area contributed by atoms with Gasteiger partial charge in [0.1, 0.15) is 0 Å². The molecule has 8 heteroatoms. The third-order valence-electron chi connectivity index (χ3n) is 6.05. The summed E-state index contributed by atoms with van der Waals surface area (Å²) in [7, 11) is 0. The quantitative estimate of drug-likeness (QED) is 0.371. The lowest BCUT2D eigenvalue weighted by Gasteiger charge is -2.30. The van der Waals surface area contributed by atoms with Crippen molar-refractivity contribution in [3.8, 4) is 0 Å². The SMILES string of the molecule is CCC(CC(CC(CC(C)n1ccnc1)n1ccnc1)n1ccnc1)n1ccnc1. The first kappa shape index (κ1) is 20.1. The Morgan fingerprint density at radius 3 is 1.40 bits per heavy atom. The first-order chi connectivity index (χ1) is 14.7. The van der Waals surface area contributed by atoms with E-state index in [4.69, 9.17) is 0 Å². The second-order valence-electron chi connectivity index (χ2n) is 7.97. The summed E-state index contributed by atoms with van der Waals surface area (Å²) in [5.74, 6) is 0. The molecule has 4 rings (SSSR count). The minimum atomic E-state index is 0.317. The predicted octanol–water partition coefficient (Wildman–Crippen LogP) is 4.34. The second-order valence-corrected chi connectivity index (χ2v) is 7.97. The van der Waals surface area contributed by atoms with Crippen molar-refractivity contribution >= 4 is 0 Å². The molecule has 0 amide bonds. The van der Waals surface area contributed by atoms with Gasteiger partial charge in [0.2, 0.25) is 0 Å². The van der Waals surface area contributed by atoms with E-state index in [1.165, 1.54) is 0 Å². The molecule has 0 aromatic carbocycles. The highest BCUT2D eigenvalue weighted by atomic mass is 15.1.